The molecule has 0 saturated carbocycles. The van der Waals surface area contributed by atoms with Gasteiger partial charge in [-0.05, 0) is 18.2 Å². The largest absolute Gasteiger partial charge is 0.379 e. The number of nitrogens with zero attached hydrogens (tertiary/aromatic N) is 1. The van der Waals surface area contributed by atoms with E-state index in [9.17, 15) is 4.39 Å². The molecule has 84 valence electrons. The van der Waals surface area contributed by atoms with E-state index in [1.807, 2.05) is 6.07 Å². The fourth-order valence-corrected chi connectivity index (χ4v) is 1.58. The molecule has 0 bridgehead atoms. The maximum Gasteiger partial charge on any atom is 0.124 e. The van der Waals surface area contributed by atoms with Crippen molar-refractivity contribution in [1.29, 1.82) is 0 Å². The molecule has 1 aliphatic heterocycles. The van der Waals surface area contributed by atoms with Crippen molar-refractivity contribution in [2.24, 2.45) is 0 Å². The van der Waals surface area contributed by atoms with Crippen LogP contribution in [0.15, 0.2) is 24.3 Å². The second-order valence-electron chi connectivity index (χ2n) is 3.70. The fourth-order valence-electron chi connectivity index (χ4n) is 1.58. The molecule has 0 spiro atoms. The summed E-state index contributed by atoms with van der Waals surface area (Å²) in [6.45, 7) is 4.14. The van der Waals surface area contributed by atoms with Gasteiger partial charge in [-0.1, -0.05) is 17.9 Å². The quantitative estimate of drug-likeness (QED) is 0.664. The Kier molecular flexibility index (Phi) is 3.92. The van der Waals surface area contributed by atoms with Gasteiger partial charge in [-0.2, -0.15) is 0 Å². The van der Waals surface area contributed by atoms with E-state index in [4.69, 9.17) is 4.74 Å². The summed E-state index contributed by atoms with van der Waals surface area (Å²) in [7, 11) is 0. The Hall–Kier alpha value is -1.37. The van der Waals surface area contributed by atoms with Crippen LogP contribution in [0.2, 0.25) is 0 Å². The normalized spacial score (nSPS) is 16.6. The first-order valence-electron chi connectivity index (χ1n) is 5.39. The highest BCUT2D eigenvalue weighted by molar-refractivity contribution is 5.34. The average Bonchev–Trinajstić information content (AvgIpc) is 2.30. The Morgan fingerprint density at radius 2 is 2.12 bits per heavy atom. The van der Waals surface area contributed by atoms with Crippen LogP contribution in [0.1, 0.15) is 5.56 Å². The highest BCUT2D eigenvalue weighted by Crippen LogP contribution is 2.01. The van der Waals surface area contributed by atoms with Crippen molar-refractivity contribution in [3.8, 4) is 11.8 Å². The summed E-state index contributed by atoms with van der Waals surface area (Å²) < 4.78 is 18.1. The highest BCUT2D eigenvalue weighted by Gasteiger charge is 2.07. The van der Waals surface area contributed by atoms with Gasteiger partial charge in [-0.25, -0.2) is 4.39 Å². The van der Waals surface area contributed by atoms with Crippen LogP contribution in [-0.2, 0) is 4.74 Å². The Balaban J connectivity index is 1.89. The first kappa shape index (κ1) is 11.1. The third kappa shape index (κ3) is 3.34. The van der Waals surface area contributed by atoms with Gasteiger partial charge in [0.1, 0.15) is 5.82 Å². The first-order valence-corrected chi connectivity index (χ1v) is 5.39. The zero-order valence-electron chi connectivity index (χ0n) is 9.08. The minimum atomic E-state index is -0.238. The van der Waals surface area contributed by atoms with Crippen LogP contribution >= 0.6 is 0 Å². The molecule has 0 atom stereocenters. The number of halogens is 1. The lowest BCUT2D eigenvalue weighted by atomic mass is 10.2. The van der Waals surface area contributed by atoms with Gasteiger partial charge in [0.2, 0.25) is 0 Å². The number of hydrogen-bond donors (Lipinski definition) is 0. The Morgan fingerprint density at radius 3 is 2.88 bits per heavy atom. The van der Waals surface area contributed by atoms with Gasteiger partial charge in [0.15, 0.2) is 0 Å². The van der Waals surface area contributed by atoms with Gasteiger partial charge in [0.05, 0.1) is 19.8 Å². The molecule has 0 aliphatic carbocycles. The molecule has 1 fully saturated rings. The lowest BCUT2D eigenvalue weighted by Crippen LogP contribution is -2.36. The fraction of sp³-hybridized carbons (Fsp3) is 0.385. The molecule has 0 unspecified atom stereocenters. The third-order valence-corrected chi connectivity index (χ3v) is 2.46. The molecule has 2 nitrogen and oxygen atoms in total. The van der Waals surface area contributed by atoms with Crippen molar-refractivity contribution in [3.05, 3.63) is 35.6 Å². The minimum Gasteiger partial charge on any atom is -0.379 e. The summed E-state index contributed by atoms with van der Waals surface area (Å²) in [5, 5.41) is 0. The van der Waals surface area contributed by atoms with Crippen LogP contribution in [0.4, 0.5) is 4.39 Å². The lowest BCUT2D eigenvalue weighted by Gasteiger charge is -2.24. The van der Waals surface area contributed by atoms with Gasteiger partial charge in [0, 0.05) is 18.7 Å². The van der Waals surface area contributed by atoms with Crippen molar-refractivity contribution in [2.75, 3.05) is 32.8 Å². The standard InChI is InChI=1S/C13H14FNO/c14-13-5-1-3-12(11-13)4-2-6-15-7-9-16-10-8-15/h1,3,5,11H,6-10H2. The van der Waals surface area contributed by atoms with Crippen LogP contribution in [0.25, 0.3) is 0 Å². The molecule has 1 aromatic carbocycles. The summed E-state index contributed by atoms with van der Waals surface area (Å²) in [6, 6.07) is 6.36. The molecule has 1 heterocycles. The van der Waals surface area contributed by atoms with E-state index in [-0.39, 0.29) is 5.82 Å². The topological polar surface area (TPSA) is 12.5 Å². The molecule has 0 amide bonds. The van der Waals surface area contributed by atoms with E-state index < -0.39 is 0 Å². The van der Waals surface area contributed by atoms with Gasteiger partial charge in [-0.15, -0.1) is 0 Å². The molecule has 0 radical (unpaired) electrons. The van der Waals surface area contributed by atoms with Crippen molar-refractivity contribution >= 4 is 0 Å². The molecule has 1 aliphatic rings. The third-order valence-electron chi connectivity index (χ3n) is 2.46. The van der Waals surface area contributed by atoms with Crippen molar-refractivity contribution in [3.63, 3.8) is 0 Å². The first-order chi connectivity index (χ1) is 7.84. The Bertz CT molecular complexity index is 402. The number of rotatable bonds is 1. The number of morpholine rings is 1. The van der Waals surface area contributed by atoms with E-state index >= 15 is 0 Å². The summed E-state index contributed by atoms with van der Waals surface area (Å²) in [5.41, 5.74) is 0.730. The van der Waals surface area contributed by atoms with Crippen LogP contribution in [0, 0.1) is 17.7 Å². The van der Waals surface area contributed by atoms with Crippen LogP contribution in [0.3, 0.4) is 0 Å². The Labute approximate surface area is 95.0 Å². The molecule has 2 rings (SSSR count). The monoisotopic (exact) mass is 219 g/mol. The van der Waals surface area contributed by atoms with E-state index in [2.05, 4.69) is 16.7 Å². The van der Waals surface area contributed by atoms with Gasteiger partial charge in [0.25, 0.3) is 0 Å². The smallest absolute Gasteiger partial charge is 0.124 e. The number of benzene rings is 1. The maximum absolute atomic E-state index is 12.9. The SMILES string of the molecule is Fc1cccc(C#CCN2CCOCC2)c1. The molecule has 16 heavy (non-hydrogen) atoms. The average molecular weight is 219 g/mol. The zero-order valence-corrected chi connectivity index (χ0v) is 9.08. The van der Waals surface area contributed by atoms with Gasteiger partial charge >= 0.3 is 0 Å². The molecular weight excluding hydrogens is 205 g/mol. The van der Waals surface area contributed by atoms with Crippen molar-refractivity contribution < 1.29 is 9.13 Å². The van der Waals surface area contributed by atoms with Crippen molar-refractivity contribution in [1.82, 2.24) is 4.90 Å². The molecular formula is C13H14FNO. The molecule has 0 N–H and O–H groups in total. The summed E-state index contributed by atoms with van der Waals surface area (Å²) in [4.78, 5) is 2.23. The highest BCUT2D eigenvalue weighted by atomic mass is 19.1. The number of hydrogen-bond acceptors (Lipinski definition) is 2. The Morgan fingerprint density at radius 1 is 1.31 bits per heavy atom. The van der Waals surface area contributed by atoms with Crippen LogP contribution in [0.5, 0.6) is 0 Å². The van der Waals surface area contributed by atoms with E-state index in [0.717, 1.165) is 38.4 Å². The zero-order chi connectivity index (χ0) is 11.2. The second-order valence-corrected chi connectivity index (χ2v) is 3.70. The number of ether oxygens (including phenoxy) is 1. The molecule has 3 heteroatoms. The summed E-state index contributed by atoms with van der Waals surface area (Å²) in [6.07, 6.45) is 0. The van der Waals surface area contributed by atoms with Crippen molar-refractivity contribution in [2.45, 2.75) is 0 Å². The van der Waals surface area contributed by atoms with Crippen LogP contribution < -0.4 is 0 Å². The predicted molar refractivity (Wildman–Crippen MR) is 60.5 cm³/mol. The summed E-state index contributed by atoms with van der Waals surface area (Å²) >= 11 is 0. The predicted octanol–water partition coefficient (Wildman–Crippen LogP) is 1.51. The van der Waals surface area contributed by atoms with E-state index in [1.54, 1.807) is 6.07 Å². The summed E-state index contributed by atoms with van der Waals surface area (Å²) in [5.74, 6) is 5.77. The molecule has 0 aromatic heterocycles. The maximum atomic E-state index is 12.9. The molecule has 1 aromatic rings. The second kappa shape index (κ2) is 5.64. The van der Waals surface area contributed by atoms with E-state index in [0.29, 0.717) is 0 Å². The van der Waals surface area contributed by atoms with Gasteiger partial charge < -0.3 is 4.74 Å². The van der Waals surface area contributed by atoms with E-state index in [1.165, 1.54) is 12.1 Å². The lowest BCUT2D eigenvalue weighted by molar-refractivity contribution is 0.0443. The van der Waals surface area contributed by atoms with Crippen LogP contribution in [-0.4, -0.2) is 37.7 Å². The van der Waals surface area contributed by atoms with Gasteiger partial charge in [-0.3, -0.25) is 4.90 Å². The molecule has 1 saturated heterocycles. The minimum absolute atomic E-state index is 0.238.